The van der Waals surface area contributed by atoms with Crippen molar-refractivity contribution in [2.75, 3.05) is 0 Å². The fraction of sp³-hybridized carbons (Fsp3) is 0.478. The maximum Gasteiger partial charge on any atom is 2.00 e. The van der Waals surface area contributed by atoms with Crippen molar-refractivity contribution in [1.82, 2.24) is 0 Å². The zero-order valence-corrected chi connectivity index (χ0v) is 38.8. The molecule has 0 spiro atoms. The molecule has 0 fully saturated rings. The molecular weight excluding hydrogens is 817 g/mol. The van der Waals surface area contributed by atoms with Gasteiger partial charge in [-0.25, -0.2) is 8.42 Å². The van der Waals surface area contributed by atoms with Gasteiger partial charge in [0.05, 0.1) is 9.79 Å². The van der Waals surface area contributed by atoms with E-state index in [1.54, 1.807) is 24.3 Å². The van der Waals surface area contributed by atoms with Crippen LogP contribution in [0.15, 0.2) is 94.7 Å². The topological polar surface area (TPSA) is 173 Å². The molecule has 0 saturated heterocycles. The Kier molecular flexibility index (Phi) is 25.4. The standard InChI is InChI=1S/2C23H32O5S.Ca/c2*1-2-3-4-5-6-7-8-9-10-11-19-12-13-21(18-23(19)24)28-20-14-16-22(17-15-20)29(25,26)27;/h2*12-18,24H,2-11H2,1H3,(H,25,26,27);/q;;+2/p-2. The van der Waals surface area contributed by atoms with Gasteiger partial charge in [0.25, 0.3) is 10.1 Å². The second-order valence-corrected chi connectivity index (χ2v) is 17.6. The molecule has 0 aromatic heterocycles. The Morgan fingerprint density at radius 1 is 0.492 bits per heavy atom. The third-order valence-electron chi connectivity index (χ3n) is 9.90. The van der Waals surface area contributed by atoms with Gasteiger partial charge in [-0.1, -0.05) is 134 Å². The van der Waals surface area contributed by atoms with E-state index < -0.39 is 20.2 Å². The van der Waals surface area contributed by atoms with Gasteiger partial charge in [-0.05, 0) is 98.0 Å². The molecule has 0 heterocycles. The molecule has 0 bridgehead atoms. The van der Waals surface area contributed by atoms with E-state index in [0.29, 0.717) is 23.0 Å². The summed E-state index contributed by atoms with van der Waals surface area (Å²) in [6, 6.07) is 20.8. The average molecular weight is 879 g/mol. The molecule has 0 aliphatic carbocycles. The van der Waals surface area contributed by atoms with Crippen LogP contribution in [0.25, 0.3) is 0 Å². The molecule has 10 nitrogen and oxygen atoms in total. The smallest absolute Gasteiger partial charge is 0.872 e. The predicted molar refractivity (Wildman–Crippen MR) is 232 cm³/mol. The van der Waals surface area contributed by atoms with Gasteiger partial charge in [-0.15, -0.1) is 5.75 Å². The zero-order valence-electron chi connectivity index (χ0n) is 34.9. The van der Waals surface area contributed by atoms with Crippen molar-refractivity contribution in [3.8, 4) is 34.5 Å². The first-order valence-corrected chi connectivity index (χ1v) is 23.8. The SMILES string of the molecule is CCCCCCCCCCCc1ccc(Oc2ccc(S(=O)(=O)O)cc2)cc1O.CCCCCCCCCCCc1ccc(Oc2ccc(S(=O)(=O)[O-])cc2)cc1[O-].[Ca+2]. The van der Waals surface area contributed by atoms with Gasteiger partial charge < -0.3 is 24.2 Å². The fourth-order valence-corrected chi connectivity index (χ4v) is 7.45. The molecule has 59 heavy (non-hydrogen) atoms. The van der Waals surface area contributed by atoms with E-state index in [-0.39, 0.29) is 59.0 Å². The number of aromatic hydroxyl groups is 1. The number of phenols is 1. The molecule has 4 rings (SSSR count). The van der Waals surface area contributed by atoms with Gasteiger partial charge in [0.15, 0.2) is 0 Å². The van der Waals surface area contributed by atoms with Crippen molar-refractivity contribution in [3.05, 3.63) is 96.1 Å². The molecule has 4 aromatic carbocycles. The van der Waals surface area contributed by atoms with Crippen molar-refractivity contribution in [1.29, 1.82) is 0 Å². The number of unbranched alkanes of at least 4 members (excludes halogenated alkanes) is 16. The summed E-state index contributed by atoms with van der Waals surface area (Å²) in [5.74, 6) is 1.80. The summed E-state index contributed by atoms with van der Waals surface area (Å²) >= 11 is 0. The Labute approximate surface area is 383 Å². The van der Waals surface area contributed by atoms with Crippen molar-refractivity contribution < 1.29 is 45.6 Å². The van der Waals surface area contributed by atoms with Crippen LogP contribution in [0.4, 0.5) is 0 Å². The number of rotatable bonds is 26. The summed E-state index contributed by atoms with van der Waals surface area (Å²) in [4.78, 5) is -0.505. The Bertz CT molecular complexity index is 1840. The van der Waals surface area contributed by atoms with E-state index in [2.05, 4.69) is 13.8 Å². The first kappa shape index (κ1) is 52.3. The van der Waals surface area contributed by atoms with Gasteiger partial charge in [0, 0.05) is 6.07 Å². The minimum atomic E-state index is -4.48. The van der Waals surface area contributed by atoms with Crippen LogP contribution in [-0.4, -0.2) is 68.8 Å². The van der Waals surface area contributed by atoms with E-state index in [1.165, 1.54) is 151 Å². The van der Waals surface area contributed by atoms with Crippen LogP contribution in [0.3, 0.4) is 0 Å². The Morgan fingerprint density at radius 3 is 1.24 bits per heavy atom. The second-order valence-electron chi connectivity index (χ2n) is 14.8. The summed E-state index contributed by atoms with van der Waals surface area (Å²) < 4.78 is 75.2. The van der Waals surface area contributed by atoms with Crippen LogP contribution in [0.5, 0.6) is 34.5 Å². The predicted octanol–water partition coefficient (Wildman–Crippen LogP) is 11.7. The van der Waals surface area contributed by atoms with Crippen molar-refractivity contribution in [3.63, 3.8) is 0 Å². The normalized spacial score (nSPS) is 11.3. The first-order valence-electron chi connectivity index (χ1n) is 20.9. The number of hydrogen-bond acceptors (Lipinski definition) is 9. The van der Waals surface area contributed by atoms with E-state index in [0.717, 1.165) is 43.2 Å². The fourth-order valence-electron chi connectivity index (χ4n) is 6.50. The van der Waals surface area contributed by atoms with Crippen molar-refractivity contribution in [2.45, 2.75) is 152 Å². The van der Waals surface area contributed by atoms with Crippen LogP contribution in [0.2, 0.25) is 0 Å². The van der Waals surface area contributed by atoms with Crippen LogP contribution in [0, 0.1) is 0 Å². The molecule has 13 heteroatoms. The maximum atomic E-state index is 12.3. The minimum absolute atomic E-state index is 0. The van der Waals surface area contributed by atoms with Crippen LogP contribution < -0.4 is 14.6 Å². The Hall–Kier alpha value is -2.84. The Balaban J connectivity index is 0.000000400. The van der Waals surface area contributed by atoms with Gasteiger partial charge in [0.2, 0.25) is 0 Å². The number of aryl methyl sites for hydroxylation is 2. The van der Waals surface area contributed by atoms with Crippen LogP contribution >= 0.6 is 0 Å². The number of phenolic OH excluding ortho intramolecular Hbond substituents is 1. The van der Waals surface area contributed by atoms with E-state index in [1.807, 2.05) is 6.07 Å². The molecule has 0 atom stereocenters. The summed E-state index contributed by atoms with van der Waals surface area (Å²) in [7, 11) is -8.70. The number of ether oxygens (including phenoxy) is 2. The molecule has 0 radical (unpaired) electrons. The molecule has 0 aliphatic heterocycles. The van der Waals surface area contributed by atoms with E-state index in [9.17, 15) is 31.6 Å². The van der Waals surface area contributed by atoms with E-state index in [4.69, 9.17) is 14.0 Å². The summed E-state index contributed by atoms with van der Waals surface area (Å²) in [5.41, 5.74) is 1.69. The summed E-state index contributed by atoms with van der Waals surface area (Å²) in [6.45, 7) is 4.46. The van der Waals surface area contributed by atoms with Crippen molar-refractivity contribution in [2.24, 2.45) is 0 Å². The molecule has 2 N–H and O–H groups in total. The summed E-state index contributed by atoms with van der Waals surface area (Å²) in [5, 5.41) is 22.5. The molecule has 0 aliphatic rings. The van der Waals surface area contributed by atoms with Gasteiger partial charge in [-0.2, -0.15) is 8.42 Å². The third-order valence-corrected chi connectivity index (χ3v) is 11.6. The van der Waals surface area contributed by atoms with Crippen LogP contribution in [0.1, 0.15) is 141 Å². The van der Waals surface area contributed by atoms with Crippen LogP contribution in [-0.2, 0) is 33.1 Å². The Morgan fingerprint density at radius 2 is 0.847 bits per heavy atom. The first-order chi connectivity index (χ1) is 27.8. The molecule has 0 saturated carbocycles. The average Bonchev–Trinajstić information content (AvgIpc) is 3.18. The van der Waals surface area contributed by atoms with Gasteiger partial charge >= 0.3 is 37.7 Å². The summed E-state index contributed by atoms with van der Waals surface area (Å²) in [6.07, 6.45) is 24.2. The monoisotopic (exact) mass is 878 g/mol. The van der Waals surface area contributed by atoms with Gasteiger partial charge in [-0.3, -0.25) is 4.55 Å². The zero-order chi connectivity index (χ0) is 42.2. The number of hydrogen-bond donors (Lipinski definition) is 2. The molecular formula is C46H62CaO10S2. The van der Waals surface area contributed by atoms with Crippen molar-refractivity contribution >= 4 is 58.0 Å². The van der Waals surface area contributed by atoms with E-state index >= 15 is 0 Å². The number of benzene rings is 4. The quantitative estimate of drug-likeness (QED) is 0.0351. The minimum Gasteiger partial charge on any atom is -0.872 e. The second kappa shape index (κ2) is 28.6. The maximum absolute atomic E-state index is 12.3. The molecule has 320 valence electrons. The van der Waals surface area contributed by atoms with Gasteiger partial charge in [0.1, 0.15) is 38.9 Å². The molecule has 0 unspecified atom stereocenters. The largest absolute Gasteiger partial charge is 2.00 e. The molecule has 0 amide bonds. The third kappa shape index (κ3) is 21.5. The molecule has 4 aromatic rings.